The van der Waals surface area contributed by atoms with Crippen LogP contribution < -0.4 is 0 Å². The van der Waals surface area contributed by atoms with Gasteiger partial charge in [-0.2, -0.15) is 0 Å². The van der Waals surface area contributed by atoms with Gasteiger partial charge in [-0.25, -0.2) is 4.98 Å². The van der Waals surface area contributed by atoms with Crippen molar-refractivity contribution in [2.45, 2.75) is 18.6 Å². The molecule has 1 heterocycles. The molecular weight excluding hydrogens is 180 g/mol. The van der Waals surface area contributed by atoms with Crippen LogP contribution in [0.25, 0.3) is 0 Å². The second-order valence-corrected chi connectivity index (χ2v) is 2.84. The molecule has 0 fully saturated rings. The van der Waals surface area contributed by atoms with Crippen LogP contribution in [0.15, 0.2) is 12.4 Å². The second-order valence-electron chi connectivity index (χ2n) is 2.46. The summed E-state index contributed by atoms with van der Waals surface area (Å²) in [6.45, 7) is 0. The highest BCUT2D eigenvalue weighted by atomic mass is 35.5. The SMILES string of the molecule is OC(CCCl)C(O)c1ncc[nH]1. The predicted octanol–water partition coefficient (Wildman–Crippen LogP) is 0.433. The first kappa shape index (κ1) is 9.51. The molecule has 4 nitrogen and oxygen atoms in total. The van der Waals surface area contributed by atoms with E-state index in [1.165, 1.54) is 6.20 Å². The fourth-order valence-electron chi connectivity index (χ4n) is 0.891. The summed E-state index contributed by atoms with van der Waals surface area (Å²) in [6.07, 6.45) is 1.63. The average molecular weight is 191 g/mol. The van der Waals surface area contributed by atoms with Crippen LogP contribution in [0.5, 0.6) is 0 Å². The predicted molar refractivity (Wildman–Crippen MR) is 44.9 cm³/mol. The van der Waals surface area contributed by atoms with E-state index in [9.17, 15) is 10.2 Å². The Morgan fingerprint density at radius 1 is 1.58 bits per heavy atom. The Balaban J connectivity index is 2.53. The molecule has 1 aromatic heterocycles. The van der Waals surface area contributed by atoms with Gasteiger partial charge in [-0.1, -0.05) is 0 Å². The number of nitrogens with one attached hydrogen (secondary N) is 1. The number of halogens is 1. The molecule has 0 bridgehead atoms. The van der Waals surface area contributed by atoms with Crippen LogP contribution in [0.3, 0.4) is 0 Å². The molecule has 0 radical (unpaired) electrons. The van der Waals surface area contributed by atoms with Crippen molar-refractivity contribution >= 4 is 11.6 Å². The van der Waals surface area contributed by atoms with Gasteiger partial charge in [0.1, 0.15) is 11.9 Å². The third-order valence-electron chi connectivity index (χ3n) is 1.57. The fourth-order valence-corrected chi connectivity index (χ4v) is 1.11. The lowest BCUT2D eigenvalue weighted by molar-refractivity contribution is 0.0122. The Kier molecular flexibility index (Phi) is 3.52. The van der Waals surface area contributed by atoms with E-state index in [1.54, 1.807) is 6.20 Å². The summed E-state index contributed by atoms with van der Waals surface area (Å²) in [4.78, 5) is 6.52. The Bertz CT molecular complexity index is 215. The molecule has 0 spiro atoms. The van der Waals surface area contributed by atoms with Gasteiger partial charge in [0.25, 0.3) is 0 Å². The Morgan fingerprint density at radius 2 is 2.33 bits per heavy atom. The van der Waals surface area contributed by atoms with E-state index < -0.39 is 12.2 Å². The maximum Gasteiger partial charge on any atom is 0.137 e. The monoisotopic (exact) mass is 190 g/mol. The second kappa shape index (κ2) is 4.45. The van der Waals surface area contributed by atoms with Crippen LogP contribution in [0.1, 0.15) is 18.3 Å². The van der Waals surface area contributed by atoms with Gasteiger partial charge in [-0.05, 0) is 6.42 Å². The van der Waals surface area contributed by atoms with Crippen LogP contribution in [0, 0.1) is 0 Å². The van der Waals surface area contributed by atoms with Gasteiger partial charge in [0.05, 0.1) is 6.10 Å². The molecular formula is C7H11ClN2O2. The highest BCUT2D eigenvalue weighted by Crippen LogP contribution is 2.14. The third kappa shape index (κ3) is 2.20. The van der Waals surface area contributed by atoms with Gasteiger partial charge >= 0.3 is 0 Å². The molecule has 0 saturated heterocycles. The number of hydrogen-bond acceptors (Lipinski definition) is 3. The number of imidazole rings is 1. The van der Waals surface area contributed by atoms with Gasteiger partial charge in [0.15, 0.2) is 0 Å². The van der Waals surface area contributed by atoms with E-state index in [1.807, 2.05) is 0 Å². The number of aromatic nitrogens is 2. The number of rotatable bonds is 4. The maximum absolute atomic E-state index is 9.41. The molecule has 12 heavy (non-hydrogen) atoms. The first-order valence-electron chi connectivity index (χ1n) is 3.67. The van der Waals surface area contributed by atoms with E-state index in [0.717, 1.165) is 0 Å². The summed E-state index contributed by atoms with van der Waals surface area (Å²) in [5.41, 5.74) is 0. The first-order chi connectivity index (χ1) is 5.75. The van der Waals surface area contributed by atoms with Crippen molar-refractivity contribution in [3.8, 4) is 0 Å². The van der Waals surface area contributed by atoms with Gasteiger partial charge in [-0.3, -0.25) is 0 Å². The minimum atomic E-state index is -0.973. The number of aliphatic hydroxyl groups is 2. The largest absolute Gasteiger partial charge is 0.390 e. The number of aliphatic hydroxyl groups excluding tert-OH is 2. The highest BCUT2D eigenvalue weighted by Gasteiger charge is 2.19. The van der Waals surface area contributed by atoms with Gasteiger partial charge < -0.3 is 15.2 Å². The lowest BCUT2D eigenvalue weighted by Gasteiger charge is -2.13. The van der Waals surface area contributed by atoms with Crippen LogP contribution in [0.4, 0.5) is 0 Å². The van der Waals surface area contributed by atoms with Crippen molar-refractivity contribution in [1.82, 2.24) is 9.97 Å². The number of aromatic amines is 1. The number of nitrogens with zero attached hydrogens (tertiary/aromatic N) is 1. The minimum Gasteiger partial charge on any atom is -0.390 e. The number of alkyl halides is 1. The molecule has 0 aliphatic heterocycles. The number of H-pyrrole nitrogens is 1. The van der Waals surface area contributed by atoms with E-state index in [0.29, 0.717) is 18.1 Å². The van der Waals surface area contributed by atoms with Crippen molar-refractivity contribution in [3.05, 3.63) is 18.2 Å². The zero-order valence-corrected chi connectivity index (χ0v) is 7.20. The zero-order chi connectivity index (χ0) is 8.97. The standard InChI is InChI=1S/C7H11ClN2O2/c8-2-1-5(11)6(12)7-9-3-4-10-7/h3-6,11-12H,1-2H2,(H,9,10). The molecule has 0 aliphatic carbocycles. The van der Waals surface area contributed by atoms with E-state index in [4.69, 9.17) is 11.6 Å². The molecule has 3 N–H and O–H groups in total. The van der Waals surface area contributed by atoms with E-state index in [2.05, 4.69) is 9.97 Å². The molecule has 0 saturated carbocycles. The summed E-state index contributed by atoms with van der Waals surface area (Å²) in [5.74, 6) is 0.687. The van der Waals surface area contributed by atoms with Crippen molar-refractivity contribution in [1.29, 1.82) is 0 Å². The molecule has 0 aromatic carbocycles. The first-order valence-corrected chi connectivity index (χ1v) is 4.20. The molecule has 5 heteroatoms. The normalized spacial score (nSPS) is 15.9. The van der Waals surface area contributed by atoms with Gasteiger partial charge in [-0.15, -0.1) is 11.6 Å². The smallest absolute Gasteiger partial charge is 0.137 e. The molecule has 68 valence electrons. The summed E-state index contributed by atoms with van der Waals surface area (Å²) < 4.78 is 0. The quantitative estimate of drug-likeness (QED) is 0.604. The summed E-state index contributed by atoms with van der Waals surface area (Å²) in [6, 6.07) is 0. The van der Waals surface area contributed by atoms with Crippen molar-refractivity contribution < 1.29 is 10.2 Å². The lowest BCUT2D eigenvalue weighted by atomic mass is 10.1. The Labute approximate surface area is 75.2 Å². The molecule has 0 aliphatic rings. The minimum absolute atomic E-state index is 0.318. The molecule has 0 amide bonds. The van der Waals surface area contributed by atoms with Crippen molar-refractivity contribution in [2.75, 3.05) is 5.88 Å². The summed E-state index contributed by atoms with van der Waals surface area (Å²) >= 11 is 5.40. The lowest BCUT2D eigenvalue weighted by Crippen LogP contribution is -2.19. The molecule has 2 unspecified atom stereocenters. The summed E-state index contributed by atoms with van der Waals surface area (Å²) in [7, 11) is 0. The van der Waals surface area contributed by atoms with Gasteiger partial charge in [0, 0.05) is 18.3 Å². The fraction of sp³-hybridized carbons (Fsp3) is 0.571. The highest BCUT2D eigenvalue weighted by molar-refractivity contribution is 6.17. The number of hydrogen-bond donors (Lipinski definition) is 3. The van der Waals surface area contributed by atoms with Crippen LogP contribution in [-0.2, 0) is 0 Å². The van der Waals surface area contributed by atoms with Crippen LogP contribution >= 0.6 is 11.6 Å². The van der Waals surface area contributed by atoms with Gasteiger partial charge in [0.2, 0.25) is 0 Å². The van der Waals surface area contributed by atoms with Crippen LogP contribution in [-0.4, -0.2) is 32.2 Å². The summed E-state index contributed by atoms with van der Waals surface area (Å²) in [5, 5.41) is 18.7. The van der Waals surface area contributed by atoms with E-state index >= 15 is 0 Å². The van der Waals surface area contributed by atoms with E-state index in [-0.39, 0.29) is 0 Å². The van der Waals surface area contributed by atoms with Crippen molar-refractivity contribution in [3.63, 3.8) is 0 Å². The third-order valence-corrected chi connectivity index (χ3v) is 1.79. The Morgan fingerprint density at radius 3 is 2.83 bits per heavy atom. The molecule has 2 atom stereocenters. The maximum atomic E-state index is 9.41. The topological polar surface area (TPSA) is 69.1 Å². The molecule has 1 rings (SSSR count). The van der Waals surface area contributed by atoms with Crippen LogP contribution in [0.2, 0.25) is 0 Å². The molecule has 1 aromatic rings. The zero-order valence-electron chi connectivity index (χ0n) is 6.44. The van der Waals surface area contributed by atoms with Crippen molar-refractivity contribution in [2.24, 2.45) is 0 Å². The Hall–Kier alpha value is -0.580. The average Bonchev–Trinajstić information content (AvgIpc) is 2.55.